The van der Waals surface area contributed by atoms with Crippen LogP contribution in [0.1, 0.15) is 56.4 Å². The maximum Gasteiger partial charge on any atom is 0.150 e. The largest absolute Gasteiger partial charge is 0.393 e. The summed E-state index contributed by atoms with van der Waals surface area (Å²) in [5.41, 5.74) is 0.950. The smallest absolute Gasteiger partial charge is 0.150 e. The summed E-state index contributed by atoms with van der Waals surface area (Å²) in [4.78, 5) is 2.52. The van der Waals surface area contributed by atoms with Crippen molar-refractivity contribution < 1.29 is 9.63 Å². The van der Waals surface area contributed by atoms with Crippen LogP contribution in [0.15, 0.2) is 10.6 Å². The molecule has 112 valence electrons. The molecule has 1 aliphatic carbocycles. The zero-order valence-corrected chi connectivity index (χ0v) is 12.4. The molecular weight excluding hydrogens is 252 g/mol. The first-order valence-corrected chi connectivity index (χ1v) is 8.08. The molecule has 2 aliphatic rings. The number of hydrogen-bond donors (Lipinski definition) is 1. The first-order valence-electron chi connectivity index (χ1n) is 8.08. The number of aliphatic hydroxyl groups is 1. The Kier molecular flexibility index (Phi) is 4.41. The zero-order valence-electron chi connectivity index (χ0n) is 12.4. The first kappa shape index (κ1) is 14.1. The van der Waals surface area contributed by atoms with Crippen LogP contribution in [-0.4, -0.2) is 33.9 Å². The van der Waals surface area contributed by atoms with Gasteiger partial charge in [0.2, 0.25) is 0 Å². The van der Waals surface area contributed by atoms with Gasteiger partial charge in [-0.15, -0.1) is 0 Å². The van der Waals surface area contributed by atoms with E-state index in [0.29, 0.717) is 12.0 Å². The van der Waals surface area contributed by atoms with Crippen molar-refractivity contribution in [3.05, 3.63) is 17.5 Å². The molecule has 0 radical (unpaired) electrons. The molecule has 3 atom stereocenters. The van der Waals surface area contributed by atoms with Gasteiger partial charge in [-0.05, 0) is 39.2 Å². The summed E-state index contributed by atoms with van der Waals surface area (Å²) < 4.78 is 5.38. The molecule has 4 heteroatoms. The van der Waals surface area contributed by atoms with E-state index >= 15 is 0 Å². The van der Waals surface area contributed by atoms with Crippen molar-refractivity contribution in [1.82, 2.24) is 10.1 Å². The highest BCUT2D eigenvalue weighted by Crippen LogP contribution is 2.34. The number of piperidine rings is 1. The molecule has 0 bridgehead atoms. The van der Waals surface area contributed by atoms with E-state index in [1.54, 1.807) is 0 Å². The van der Waals surface area contributed by atoms with Gasteiger partial charge in [0.15, 0.2) is 5.76 Å². The van der Waals surface area contributed by atoms with Gasteiger partial charge in [0, 0.05) is 18.0 Å². The van der Waals surface area contributed by atoms with Gasteiger partial charge in [-0.25, -0.2) is 0 Å². The Morgan fingerprint density at radius 3 is 2.80 bits per heavy atom. The fraction of sp³-hybridized carbons (Fsp3) is 0.812. The Labute approximate surface area is 121 Å². The van der Waals surface area contributed by atoms with Gasteiger partial charge in [0.05, 0.1) is 18.3 Å². The van der Waals surface area contributed by atoms with Crippen LogP contribution < -0.4 is 0 Å². The molecule has 0 spiro atoms. The monoisotopic (exact) mass is 278 g/mol. The fourth-order valence-electron chi connectivity index (χ4n) is 3.98. The van der Waals surface area contributed by atoms with Gasteiger partial charge in [0.25, 0.3) is 0 Å². The average molecular weight is 278 g/mol. The molecule has 1 aliphatic heterocycles. The van der Waals surface area contributed by atoms with Crippen molar-refractivity contribution >= 4 is 0 Å². The second kappa shape index (κ2) is 6.27. The van der Waals surface area contributed by atoms with Crippen LogP contribution >= 0.6 is 0 Å². The van der Waals surface area contributed by atoms with E-state index in [9.17, 15) is 5.11 Å². The lowest BCUT2D eigenvalue weighted by molar-refractivity contribution is -0.0112. The minimum atomic E-state index is -0.106. The molecule has 0 amide bonds. The maximum atomic E-state index is 10.3. The third-order valence-corrected chi connectivity index (χ3v) is 4.98. The Morgan fingerprint density at radius 1 is 1.25 bits per heavy atom. The standard InChI is InChI=1S/C16H26N2O2/c1-12-10-13(20-17-12)11-18-9-5-4-7-15(18)14-6-2-3-8-16(14)19/h10,14-16,19H,2-9,11H2,1H3. The Bertz CT molecular complexity index is 432. The zero-order chi connectivity index (χ0) is 13.9. The molecule has 20 heavy (non-hydrogen) atoms. The van der Waals surface area contributed by atoms with Crippen LogP contribution in [0.5, 0.6) is 0 Å². The minimum Gasteiger partial charge on any atom is -0.393 e. The molecule has 2 heterocycles. The molecule has 4 nitrogen and oxygen atoms in total. The number of aryl methyl sites for hydroxylation is 1. The topological polar surface area (TPSA) is 49.5 Å². The number of rotatable bonds is 3. The van der Waals surface area contributed by atoms with E-state index < -0.39 is 0 Å². The van der Waals surface area contributed by atoms with E-state index in [-0.39, 0.29) is 6.10 Å². The highest BCUT2D eigenvalue weighted by Gasteiger charge is 2.35. The normalized spacial score (nSPS) is 32.4. The van der Waals surface area contributed by atoms with Crippen molar-refractivity contribution in [2.24, 2.45) is 5.92 Å². The Hall–Kier alpha value is -0.870. The second-order valence-electron chi connectivity index (χ2n) is 6.48. The van der Waals surface area contributed by atoms with Gasteiger partial charge >= 0.3 is 0 Å². The van der Waals surface area contributed by atoms with Crippen LogP contribution in [0, 0.1) is 12.8 Å². The van der Waals surface area contributed by atoms with E-state index in [4.69, 9.17) is 4.52 Å². The van der Waals surface area contributed by atoms with E-state index in [0.717, 1.165) is 31.0 Å². The lowest BCUT2D eigenvalue weighted by atomic mass is 9.78. The summed E-state index contributed by atoms with van der Waals surface area (Å²) in [5.74, 6) is 1.41. The van der Waals surface area contributed by atoms with Crippen molar-refractivity contribution in [1.29, 1.82) is 0 Å². The van der Waals surface area contributed by atoms with Crippen LogP contribution in [0.4, 0.5) is 0 Å². The molecular formula is C16H26N2O2. The molecule has 1 aromatic rings. The van der Waals surface area contributed by atoms with Crippen LogP contribution in [-0.2, 0) is 6.54 Å². The summed E-state index contributed by atoms with van der Waals surface area (Å²) in [6.45, 7) is 3.92. The lowest BCUT2D eigenvalue weighted by Gasteiger charge is -2.43. The molecule has 1 N–H and O–H groups in total. The molecule has 3 unspecified atom stereocenters. The third kappa shape index (κ3) is 3.07. The number of nitrogens with zero attached hydrogens (tertiary/aromatic N) is 2. The quantitative estimate of drug-likeness (QED) is 0.923. The molecule has 1 saturated heterocycles. The fourth-order valence-corrected chi connectivity index (χ4v) is 3.98. The van der Waals surface area contributed by atoms with Crippen LogP contribution in [0.3, 0.4) is 0 Å². The third-order valence-electron chi connectivity index (χ3n) is 4.98. The minimum absolute atomic E-state index is 0.106. The van der Waals surface area contributed by atoms with Gasteiger partial charge in [-0.2, -0.15) is 0 Å². The summed E-state index contributed by atoms with van der Waals surface area (Å²) >= 11 is 0. The Morgan fingerprint density at radius 2 is 2.05 bits per heavy atom. The Balaban J connectivity index is 1.69. The van der Waals surface area contributed by atoms with Gasteiger partial charge in [-0.1, -0.05) is 24.4 Å². The average Bonchev–Trinajstić information content (AvgIpc) is 2.86. The summed E-state index contributed by atoms with van der Waals surface area (Å²) in [6, 6.07) is 2.55. The predicted octanol–water partition coefficient (Wildman–Crippen LogP) is 2.89. The number of hydrogen-bond acceptors (Lipinski definition) is 4. The first-order chi connectivity index (χ1) is 9.74. The van der Waals surface area contributed by atoms with Gasteiger partial charge in [0.1, 0.15) is 0 Å². The maximum absolute atomic E-state index is 10.3. The highest BCUT2D eigenvalue weighted by atomic mass is 16.5. The van der Waals surface area contributed by atoms with Gasteiger partial charge in [-0.3, -0.25) is 4.90 Å². The van der Waals surface area contributed by atoms with Crippen molar-refractivity contribution in [2.45, 2.75) is 70.6 Å². The van der Waals surface area contributed by atoms with Crippen LogP contribution in [0.2, 0.25) is 0 Å². The molecule has 2 fully saturated rings. The molecule has 1 aromatic heterocycles. The highest BCUT2D eigenvalue weighted by molar-refractivity contribution is 5.04. The molecule has 1 saturated carbocycles. The molecule has 0 aromatic carbocycles. The SMILES string of the molecule is Cc1cc(CN2CCCCC2C2CCCCC2O)on1. The van der Waals surface area contributed by atoms with Crippen molar-refractivity contribution in [2.75, 3.05) is 6.54 Å². The number of aromatic nitrogens is 1. The summed E-state index contributed by atoms with van der Waals surface area (Å²) in [6.07, 6.45) is 8.28. The number of likely N-dealkylation sites (tertiary alicyclic amines) is 1. The summed E-state index contributed by atoms with van der Waals surface area (Å²) in [7, 11) is 0. The molecule has 3 rings (SSSR count). The van der Waals surface area contributed by atoms with E-state index in [2.05, 4.69) is 10.1 Å². The lowest BCUT2D eigenvalue weighted by Crippen LogP contribution is -2.48. The second-order valence-corrected chi connectivity index (χ2v) is 6.48. The van der Waals surface area contributed by atoms with E-state index in [1.807, 2.05) is 13.0 Å². The summed E-state index contributed by atoms with van der Waals surface area (Å²) in [5, 5.41) is 14.3. The number of aliphatic hydroxyl groups excluding tert-OH is 1. The van der Waals surface area contributed by atoms with E-state index in [1.165, 1.54) is 38.5 Å². The van der Waals surface area contributed by atoms with Crippen molar-refractivity contribution in [3.63, 3.8) is 0 Å². The van der Waals surface area contributed by atoms with Gasteiger partial charge < -0.3 is 9.63 Å². The predicted molar refractivity (Wildman–Crippen MR) is 77.3 cm³/mol. The van der Waals surface area contributed by atoms with Crippen molar-refractivity contribution in [3.8, 4) is 0 Å². The van der Waals surface area contributed by atoms with Crippen LogP contribution in [0.25, 0.3) is 0 Å².